The van der Waals surface area contributed by atoms with Gasteiger partial charge in [0.25, 0.3) is 0 Å². The first-order chi connectivity index (χ1) is 6.86. The summed E-state index contributed by atoms with van der Waals surface area (Å²) in [6, 6.07) is 11.1. The van der Waals surface area contributed by atoms with Gasteiger partial charge < -0.3 is 10.5 Å². The Morgan fingerprint density at radius 1 is 1.07 bits per heavy atom. The fourth-order valence-electron chi connectivity index (χ4n) is 1.03. The molecule has 1 aromatic carbocycles. The highest BCUT2D eigenvalue weighted by molar-refractivity contribution is 5.45. The van der Waals surface area contributed by atoms with Crippen LogP contribution in [0, 0.1) is 0 Å². The normalized spacial score (nSPS) is 9.71. The van der Waals surface area contributed by atoms with Crippen LogP contribution >= 0.6 is 0 Å². The summed E-state index contributed by atoms with van der Waals surface area (Å²) in [6.07, 6.45) is 1.54. The molecule has 2 rings (SSSR count). The minimum absolute atomic E-state index is 0.288. The van der Waals surface area contributed by atoms with Crippen molar-refractivity contribution in [2.75, 3.05) is 5.73 Å². The molecule has 4 nitrogen and oxygen atoms in total. The van der Waals surface area contributed by atoms with Crippen molar-refractivity contribution in [1.82, 2.24) is 10.2 Å². The van der Waals surface area contributed by atoms with Crippen LogP contribution in [0.2, 0.25) is 0 Å². The predicted molar refractivity (Wildman–Crippen MR) is 53.0 cm³/mol. The first kappa shape index (κ1) is 8.50. The topological polar surface area (TPSA) is 61.0 Å². The van der Waals surface area contributed by atoms with Crippen molar-refractivity contribution in [3.8, 4) is 11.5 Å². The molecule has 2 N–H and O–H groups in total. The van der Waals surface area contributed by atoms with Gasteiger partial charge in [-0.25, -0.2) is 0 Å². The van der Waals surface area contributed by atoms with Crippen LogP contribution in [0.25, 0.3) is 0 Å². The Hall–Kier alpha value is -2.10. The molecule has 0 saturated heterocycles. The van der Waals surface area contributed by atoms with Crippen LogP contribution in [0.3, 0.4) is 0 Å². The van der Waals surface area contributed by atoms with Crippen LogP contribution in [-0.2, 0) is 0 Å². The van der Waals surface area contributed by atoms with E-state index in [1.54, 1.807) is 6.07 Å². The summed E-state index contributed by atoms with van der Waals surface area (Å²) in [4.78, 5) is 0. The Kier molecular flexibility index (Phi) is 2.27. The third-order valence-electron chi connectivity index (χ3n) is 1.68. The van der Waals surface area contributed by atoms with E-state index < -0.39 is 0 Å². The standard InChI is InChI=1S/C10H9N3O/c11-10-9(6-7-12-13-10)14-8-4-2-1-3-5-8/h1-7H,(H2,11,13). The van der Waals surface area contributed by atoms with E-state index in [1.807, 2.05) is 30.3 Å². The lowest BCUT2D eigenvalue weighted by atomic mass is 10.3. The highest BCUT2D eigenvalue weighted by Gasteiger charge is 2.01. The smallest absolute Gasteiger partial charge is 0.189 e. The quantitative estimate of drug-likeness (QED) is 0.779. The fraction of sp³-hybridized carbons (Fsp3) is 0. The van der Waals surface area contributed by atoms with Crippen molar-refractivity contribution in [2.24, 2.45) is 0 Å². The number of nitrogens with two attached hydrogens (primary N) is 1. The summed E-state index contributed by atoms with van der Waals surface area (Å²) in [6.45, 7) is 0. The Labute approximate surface area is 81.3 Å². The molecule has 0 saturated carbocycles. The van der Waals surface area contributed by atoms with Crippen LogP contribution in [-0.4, -0.2) is 10.2 Å². The molecule has 0 aliphatic rings. The Balaban J connectivity index is 2.24. The number of para-hydroxylation sites is 1. The van der Waals surface area contributed by atoms with E-state index in [-0.39, 0.29) is 5.82 Å². The van der Waals surface area contributed by atoms with Crippen LogP contribution in [0.4, 0.5) is 5.82 Å². The minimum atomic E-state index is 0.288. The second kappa shape index (κ2) is 3.74. The van der Waals surface area contributed by atoms with E-state index in [0.717, 1.165) is 5.75 Å². The van der Waals surface area contributed by atoms with Crippen molar-refractivity contribution < 1.29 is 4.74 Å². The lowest BCUT2D eigenvalue weighted by Gasteiger charge is -2.05. The van der Waals surface area contributed by atoms with E-state index >= 15 is 0 Å². The average molecular weight is 187 g/mol. The predicted octanol–water partition coefficient (Wildman–Crippen LogP) is 1.85. The second-order valence-corrected chi connectivity index (χ2v) is 2.70. The molecule has 0 atom stereocenters. The zero-order valence-corrected chi connectivity index (χ0v) is 7.42. The molecular formula is C10H9N3O. The lowest BCUT2D eigenvalue weighted by molar-refractivity contribution is 0.481. The number of aromatic nitrogens is 2. The molecule has 0 aliphatic carbocycles. The average Bonchev–Trinajstić information content (AvgIpc) is 2.23. The summed E-state index contributed by atoms with van der Waals surface area (Å²) >= 11 is 0. The number of rotatable bonds is 2. The molecular weight excluding hydrogens is 178 g/mol. The van der Waals surface area contributed by atoms with Gasteiger partial charge in [-0.2, -0.15) is 5.10 Å². The molecule has 14 heavy (non-hydrogen) atoms. The van der Waals surface area contributed by atoms with Crippen LogP contribution in [0.15, 0.2) is 42.6 Å². The summed E-state index contributed by atoms with van der Waals surface area (Å²) in [7, 11) is 0. The van der Waals surface area contributed by atoms with Gasteiger partial charge in [-0.1, -0.05) is 18.2 Å². The van der Waals surface area contributed by atoms with Crippen LogP contribution in [0.5, 0.6) is 11.5 Å². The SMILES string of the molecule is Nc1nnccc1Oc1ccccc1. The summed E-state index contributed by atoms with van der Waals surface area (Å²) in [5.74, 6) is 1.54. The van der Waals surface area contributed by atoms with E-state index in [2.05, 4.69) is 10.2 Å². The largest absolute Gasteiger partial charge is 0.453 e. The number of hydrogen-bond acceptors (Lipinski definition) is 4. The van der Waals surface area contributed by atoms with Crippen molar-refractivity contribution >= 4 is 5.82 Å². The van der Waals surface area contributed by atoms with Gasteiger partial charge in [0.1, 0.15) is 5.75 Å². The first-order valence-corrected chi connectivity index (χ1v) is 4.16. The number of nitrogen functional groups attached to an aromatic ring is 1. The Morgan fingerprint density at radius 3 is 2.57 bits per heavy atom. The third-order valence-corrected chi connectivity index (χ3v) is 1.68. The van der Waals surface area contributed by atoms with Gasteiger partial charge in [-0.15, -0.1) is 5.10 Å². The minimum Gasteiger partial charge on any atom is -0.453 e. The van der Waals surface area contributed by atoms with Crippen molar-refractivity contribution in [3.63, 3.8) is 0 Å². The molecule has 0 amide bonds. The number of anilines is 1. The zero-order chi connectivity index (χ0) is 9.80. The molecule has 0 spiro atoms. The van der Waals surface area contributed by atoms with Gasteiger partial charge in [-0.3, -0.25) is 0 Å². The van der Waals surface area contributed by atoms with E-state index in [0.29, 0.717) is 5.75 Å². The van der Waals surface area contributed by atoms with E-state index in [9.17, 15) is 0 Å². The van der Waals surface area contributed by atoms with Gasteiger partial charge in [0.15, 0.2) is 11.6 Å². The molecule has 0 bridgehead atoms. The molecule has 0 unspecified atom stereocenters. The van der Waals surface area contributed by atoms with Gasteiger partial charge in [0, 0.05) is 6.07 Å². The zero-order valence-electron chi connectivity index (χ0n) is 7.42. The van der Waals surface area contributed by atoms with Gasteiger partial charge in [-0.05, 0) is 12.1 Å². The van der Waals surface area contributed by atoms with Crippen molar-refractivity contribution in [2.45, 2.75) is 0 Å². The summed E-state index contributed by atoms with van der Waals surface area (Å²) in [5.41, 5.74) is 5.57. The monoisotopic (exact) mass is 187 g/mol. The number of benzene rings is 1. The summed E-state index contributed by atoms with van der Waals surface area (Å²) in [5, 5.41) is 7.31. The molecule has 4 heteroatoms. The molecule has 1 heterocycles. The first-order valence-electron chi connectivity index (χ1n) is 4.16. The third kappa shape index (κ3) is 1.80. The van der Waals surface area contributed by atoms with Crippen molar-refractivity contribution in [3.05, 3.63) is 42.6 Å². The van der Waals surface area contributed by atoms with Gasteiger partial charge >= 0.3 is 0 Å². The lowest BCUT2D eigenvalue weighted by Crippen LogP contribution is -1.96. The van der Waals surface area contributed by atoms with E-state index in [4.69, 9.17) is 10.5 Å². The molecule has 1 aromatic heterocycles. The Bertz CT molecular complexity index is 417. The highest BCUT2D eigenvalue weighted by Crippen LogP contribution is 2.23. The highest BCUT2D eigenvalue weighted by atomic mass is 16.5. The number of ether oxygens (including phenoxy) is 1. The van der Waals surface area contributed by atoms with Crippen LogP contribution < -0.4 is 10.5 Å². The van der Waals surface area contributed by atoms with Gasteiger partial charge in [0.05, 0.1) is 6.20 Å². The molecule has 0 radical (unpaired) electrons. The second-order valence-electron chi connectivity index (χ2n) is 2.70. The summed E-state index contributed by atoms with van der Waals surface area (Å²) < 4.78 is 5.48. The molecule has 0 aliphatic heterocycles. The molecule has 70 valence electrons. The van der Waals surface area contributed by atoms with Crippen LogP contribution in [0.1, 0.15) is 0 Å². The van der Waals surface area contributed by atoms with Crippen molar-refractivity contribution in [1.29, 1.82) is 0 Å². The van der Waals surface area contributed by atoms with E-state index in [1.165, 1.54) is 6.20 Å². The molecule has 0 fully saturated rings. The maximum atomic E-state index is 5.57. The number of nitrogens with zero attached hydrogens (tertiary/aromatic N) is 2. The van der Waals surface area contributed by atoms with Gasteiger partial charge in [0.2, 0.25) is 0 Å². The maximum absolute atomic E-state index is 5.57. The number of hydrogen-bond donors (Lipinski definition) is 1. The fourth-order valence-corrected chi connectivity index (χ4v) is 1.03. The Morgan fingerprint density at radius 2 is 1.86 bits per heavy atom. The molecule has 2 aromatic rings. The maximum Gasteiger partial charge on any atom is 0.189 e.